The van der Waals surface area contributed by atoms with E-state index in [0.717, 1.165) is 17.5 Å². The van der Waals surface area contributed by atoms with Gasteiger partial charge in [0.2, 0.25) is 0 Å². The Labute approximate surface area is 259 Å². The van der Waals surface area contributed by atoms with Gasteiger partial charge in [0.1, 0.15) is 24.4 Å². The minimum Gasteiger partial charge on any atom is -0.394 e. The largest absolute Gasteiger partial charge is 0.394 e. The molecule has 2 N–H and O–H groups in total. The van der Waals surface area contributed by atoms with E-state index in [1.807, 2.05) is 94.4 Å². The summed E-state index contributed by atoms with van der Waals surface area (Å²) < 4.78 is 47.2. The van der Waals surface area contributed by atoms with Crippen LogP contribution in [0.3, 0.4) is 0 Å². The summed E-state index contributed by atoms with van der Waals surface area (Å²) in [5.41, 5.74) is 2.19. The van der Waals surface area contributed by atoms with Crippen molar-refractivity contribution in [3.05, 3.63) is 84.4 Å². The van der Waals surface area contributed by atoms with Crippen molar-refractivity contribution in [3.63, 3.8) is 0 Å². The zero-order chi connectivity index (χ0) is 31.3. The quantitative estimate of drug-likeness (QED) is 0.357. The molecule has 10 nitrogen and oxygen atoms in total. The fourth-order valence-electron chi connectivity index (χ4n) is 5.92. The number of hydrogen-bond donors (Lipinski definition) is 2. The van der Waals surface area contributed by atoms with Crippen molar-refractivity contribution >= 4 is 0 Å². The van der Waals surface area contributed by atoms with E-state index in [0.29, 0.717) is 13.2 Å². The summed E-state index contributed by atoms with van der Waals surface area (Å²) in [6.07, 6.45) is -0.367. The number of ether oxygens (including phenoxy) is 8. The fourth-order valence-corrected chi connectivity index (χ4v) is 5.92. The Morgan fingerprint density at radius 1 is 0.750 bits per heavy atom. The van der Waals surface area contributed by atoms with Gasteiger partial charge in [0.25, 0.3) is 0 Å². The first-order valence-electron chi connectivity index (χ1n) is 15.3. The van der Waals surface area contributed by atoms with Gasteiger partial charge in [0.05, 0.1) is 38.1 Å². The molecule has 0 radical (unpaired) electrons. The smallest absolute Gasteiger partial charge is 0.190 e. The fraction of sp³-hybridized carbons (Fsp3) is 0.588. The molecule has 0 spiro atoms. The van der Waals surface area contributed by atoms with Crippen LogP contribution in [0.25, 0.3) is 0 Å². The van der Waals surface area contributed by atoms with Crippen molar-refractivity contribution in [2.75, 3.05) is 6.61 Å². The normalized spacial score (nSPS) is 33.7. The molecular formula is C34H46O10. The standard InChI is InChI=1S/C17H24O6.C17H22O4/c1-17(2)22-15-14(20-10-11-6-4-3-5-7-11)13(8-12(19)9-18)21-16(15)23-17;1-4-8-13-14(18-11-12-9-6-5-7-10-12)15-16(19-13)21-17(2,3)20-15/h3-7,12-16,18-19H,8-10H2,1-2H3;4-7,9-10,13-16H,1,8,11H2,2-3H3/t12?,13-,14+,15?,16-;13?,14-,15?,16+/m10/s1. The van der Waals surface area contributed by atoms with Crippen LogP contribution in [0.15, 0.2) is 73.3 Å². The van der Waals surface area contributed by atoms with E-state index >= 15 is 0 Å². The molecule has 4 heterocycles. The second-order valence-electron chi connectivity index (χ2n) is 12.4. The number of rotatable bonds is 11. The number of hydrogen-bond acceptors (Lipinski definition) is 10. The first kappa shape index (κ1) is 33.2. The Bertz CT molecular complexity index is 1180. The summed E-state index contributed by atoms with van der Waals surface area (Å²) in [5, 5.41) is 18.8. The van der Waals surface area contributed by atoms with Gasteiger partial charge < -0.3 is 48.1 Å². The molecule has 0 bridgehead atoms. The second-order valence-corrected chi connectivity index (χ2v) is 12.4. The third kappa shape index (κ3) is 8.32. The molecule has 2 aromatic carbocycles. The number of fused-ring (bicyclic) bond motifs is 2. The molecule has 0 saturated carbocycles. The van der Waals surface area contributed by atoms with Crippen molar-refractivity contribution in [1.82, 2.24) is 0 Å². The highest BCUT2D eigenvalue weighted by Crippen LogP contribution is 2.41. The highest BCUT2D eigenvalue weighted by Gasteiger charge is 2.56. The average Bonchev–Trinajstić information content (AvgIpc) is 3.66. The third-order valence-corrected chi connectivity index (χ3v) is 7.86. The van der Waals surface area contributed by atoms with Crippen molar-refractivity contribution in [2.45, 2.75) is 121 Å². The summed E-state index contributed by atoms with van der Waals surface area (Å²) in [5.74, 6) is -1.34. The van der Waals surface area contributed by atoms with Crippen LogP contribution in [0.1, 0.15) is 51.7 Å². The monoisotopic (exact) mass is 614 g/mol. The van der Waals surface area contributed by atoms with Crippen molar-refractivity contribution in [1.29, 1.82) is 0 Å². The Kier molecular flexibility index (Phi) is 10.9. The summed E-state index contributed by atoms with van der Waals surface area (Å²) in [4.78, 5) is 0. The summed E-state index contributed by atoms with van der Waals surface area (Å²) in [7, 11) is 0. The zero-order valence-electron chi connectivity index (χ0n) is 26.0. The number of aliphatic hydroxyl groups excluding tert-OH is 2. The molecule has 6 rings (SSSR count). The molecule has 4 fully saturated rings. The van der Waals surface area contributed by atoms with Gasteiger partial charge in [0, 0.05) is 6.42 Å². The number of aliphatic hydroxyl groups is 2. The van der Waals surface area contributed by atoms with Crippen LogP contribution < -0.4 is 0 Å². The average molecular weight is 615 g/mol. The van der Waals surface area contributed by atoms with Gasteiger partial charge >= 0.3 is 0 Å². The lowest BCUT2D eigenvalue weighted by molar-refractivity contribution is -0.222. The van der Waals surface area contributed by atoms with Gasteiger partial charge in [-0.2, -0.15) is 0 Å². The SMILES string of the molecule is C=CCC1O[C@@H]2OC(C)(C)OC2[C@H]1OCc1ccccc1.CC1(C)OC2[C@H](O[C@H](CC(O)CO)[C@@H]2OCc2ccccc2)O1. The van der Waals surface area contributed by atoms with E-state index in [-0.39, 0.29) is 55.9 Å². The number of benzene rings is 2. The van der Waals surface area contributed by atoms with Crippen LogP contribution in [-0.2, 0) is 51.1 Å². The molecule has 0 aliphatic carbocycles. The molecule has 242 valence electrons. The maximum atomic E-state index is 9.72. The van der Waals surface area contributed by atoms with Crippen LogP contribution in [-0.4, -0.2) is 83.7 Å². The van der Waals surface area contributed by atoms with E-state index in [9.17, 15) is 5.11 Å². The first-order chi connectivity index (χ1) is 21.1. The van der Waals surface area contributed by atoms with Crippen LogP contribution in [0.2, 0.25) is 0 Å². The van der Waals surface area contributed by atoms with Crippen LogP contribution in [0.4, 0.5) is 0 Å². The molecule has 0 amide bonds. The van der Waals surface area contributed by atoms with Crippen molar-refractivity contribution in [2.24, 2.45) is 0 Å². The Balaban J connectivity index is 0.000000175. The summed E-state index contributed by atoms with van der Waals surface area (Å²) >= 11 is 0. The lowest BCUT2D eigenvalue weighted by atomic mass is 10.0. The van der Waals surface area contributed by atoms with Crippen molar-refractivity contribution in [3.8, 4) is 0 Å². The maximum Gasteiger partial charge on any atom is 0.190 e. The van der Waals surface area contributed by atoms with Gasteiger partial charge in [-0.3, -0.25) is 0 Å². The lowest BCUT2D eigenvalue weighted by Gasteiger charge is -2.26. The third-order valence-electron chi connectivity index (χ3n) is 7.86. The molecule has 4 aliphatic heterocycles. The van der Waals surface area contributed by atoms with E-state index in [2.05, 4.69) is 6.58 Å². The van der Waals surface area contributed by atoms with Crippen LogP contribution >= 0.6 is 0 Å². The van der Waals surface area contributed by atoms with E-state index < -0.39 is 24.0 Å². The molecule has 0 aromatic heterocycles. The zero-order valence-corrected chi connectivity index (χ0v) is 26.0. The van der Waals surface area contributed by atoms with E-state index in [4.69, 9.17) is 43.0 Å². The Hall–Kier alpha value is -2.22. The van der Waals surface area contributed by atoms with Crippen LogP contribution in [0.5, 0.6) is 0 Å². The summed E-state index contributed by atoms with van der Waals surface area (Å²) in [6.45, 7) is 11.9. The van der Waals surface area contributed by atoms with Gasteiger partial charge in [-0.1, -0.05) is 66.7 Å². The maximum absolute atomic E-state index is 9.72. The van der Waals surface area contributed by atoms with E-state index in [1.54, 1.807) is 0 Å². The molecule has 4 unspecified atom stereocenters. The van der Waals surface area contributed by atoms with Gasteiger partial charge in [-0.05, 0) is 45.2 Å². The van der Waals surface area contributed by atoms with Crippen molar-refractivity contribution < 1.29 is 48.1 Å². The Morgan fingerprint density at radius 3 is 1.66 bits per heavy atom. The lowest BCUT2D eigenvalue weighted by Crippen LogP contribution is -2.38. The van der Waals surface area contributed by atoms with Gasteiger partial charge in [-0.25, -0.2) is 0 Å². The topological polar surface area (TPSA) is 114 Å². The van der Waals surface area contributed by atoms with Crippen LogP contribution in [0, 0.1) is 0 Å². The predicted octanol–water partition coefficient (Wildman–Crippen LogP) is 4.22. The Morgan fingerprint density at radius 2 is 1.20 bits per heavy atom. The molecule has 44 heavy (non-hydrogen) atoms. The first-order valence-corrected chi connectivity index (χ1v) is 15.3. The molecular weight excluding hydrogens is 568 g/mol. The molecule has 4 aliphatic rings. The minimum absolute atomic E-state index is 0.0719. The van der Waals surface area contributed by atoms with E-state index in [1.165, 1.54) is 0 Å². The molecule has 10 heteroatoms. The highest BCUT2D eigenvalue weighted by atomic mass is 16.9. The molecule has 9 atom stereocenters. The minimum atomic E-state index is -0.852. The highest BCUT2D eigenvalue weighted by molar-refractivity contribution is 5.14. The molecule has 2 aromatic rings. The molecule has 4 saturated heterocycles. The van der Waals surface area contributed by atoms with Gasteiger partial charge in [0.15, 0.2) is 24.2 Å². The van der Waals surface area contributed by atoms with Gasteiger partial charge in [-0.15, -0.1) is 6.58 Å². The predicted molar refractivity (Wildman–Crippen MR) is 160 cm³/mol. The summed E-state index contributed by atoms with van der Waals surface area (Å²) in [6, 6.07) is 19.9. The second kappa shape index (κ2) is 14.5.